The molecule has 0 radical (unpaired) electrons. The number of benzene rings is 1. The molecule has 0 aliphatic heterocycles. The molecular formula is C10H14N2O2. The quantitative estimate of drug-likeness (QED) is 0.635. The van der Waals surface area contributed by atoms with Crippen molar-refractivity contribution < 1.29 is 9.90 Å². The Kier molecular flexibility index (Phi) is 3.09. The third-order valence-electron chi connectivity index (χ3n) is 2.08. The first kappa shape index (κ1) is 10.5. The molecule has 4 nitrogen and oxygen atoms in total. The minimum Gasteiger partial charge on any atom is -0.508 e. The fraction of sp³-hybridized carbons (Fsp3) is 0.300. The summed E-state index contributed by atoms with van der Waals surface area (Å²) in [5.41, 5.74) is 12.2. The van der Waals surface area contributed by atoms with Crippen molar-refractivity contribution >= 4 is 5.91 Å². The predicted octanol–water partition coefficient (Wildman–Crippen LogP) is 0.0557. The summed E-state index contributed by atoms with van der Waals surface area (Å²) in [6.45, 7) is 1.79. The van der Waals surface area contributed by atoms with Gasteiger partial charge in [-0.05, 0) is 30.5 Å². The van der Waals surface area contributed by atoms with Crippen LogP contribution >= 0.6 is 0 Å². The Hall–Kier alpha value is -1.55. The lowest BCUT2D eigenvalue weighted by molar-refractivity contribution is -0.119. The van der Waals surface area contributed by atoms with Crippen LogP contribution in [0.1, 0.15) is 11.1 Å². The fourth-order valence-electron chi connectivity index (χ4n) is 1.20. The van der Waals surface area contributed by atoms with Crippen LogP contribution in [0.4, 0.5) is 0 Å². The van der Waals surface area contributed by atoms with E-state index in [1.54, 1.807) is 25.1 Å². The molecule has 4 heteroatoms. The van der Waals surface area contributed by atoms with E-state index >= 15 is 0 Å². The third-order valence-corrected chi connectivity index (χ3v) is 2.08. The van der Waals surface area contributed by atoms with Crippen LogP contribution in [-0.4, -0.2) is 17.1 Å². The Balaban J connectivity index is 2.78. The topological polar surface area (TPSA) is 89.3 Å². The molecule has 14 heavy (non-hydrogen) atoms. The molecule has 0 saturated heterocycles. The number of phenolic OH excluding ortho intramolecular Hbond substituents is 1. The smallest absolute Gasteiger partial charge is 0.234 e. The number of nitrogens with two attached hydrogens (primary N) is 2. The molecule has 1 atom stereocenters. The van der Waals surface area contributed by atoms with Crippen molar-refractivity contribution in [2.24, 2.45) is 11.5 Å². The summed E-state index contributed by atoms with van der Waals surface area (Å²) >= 11 is 0. The highest BCUT2D eigenvalue weighted by Gasteiger charge is 2.10. The van der Waals surface area contributed by atoms with Gasteiger partial charge in [-0.25, -0.2) is 0 Å². The zero-order valence-electron chi connectivity index (χ0n) is 8.03. The van der Waals surface area contributed by atoms with Crippen LogP contribution in [0.25, 0.3) is 0 Å². The molecule has 1 aromatic rings. The number of hydrogen-bond acceptors (Lipinski definition) is 3. The number of primary amides is 1. The molecule has 1 rings (SSSR count). The summed E-state index contributed by atoms with van der Waals surface area (Å²) in [7, 11) is 0. The van der Waals surface area contributed by atoms with E-state index < -0.39 is 11.9 Å². The van der Waals surface area contributed by atoms with Crippen LogP contribution in [-0.2, 0) is 11.2 Å². The van der Waals surface area contributed by atoms with Crippen LogP contribution in [0.15, 0.2) is 18.2 Å². The maximum absolute atomic E-state index is 10.7. The number of hydrogen-bond donors (Lipinski definition) is 3. The number of carbonyl (C=O) groups is 1. The number of amides is 1. The average molecular weight is 194 g/mol. The first-order valence-corrected chi connectivity index (χ1v) is 4.34. The number of carbonyl (C=O) groups excluding carboxylic acids is 1. The van der Waals surface area contributed by atoms with Crippen molar-refractivity contribution in [1.82, 2.24) is 0 Å². The molecule has 0 spiro atoms. The molecule has 0 heterocycles. The molecule has 0 fully saturated rings. The monoisotopic (exact) mass is 194 g/mol. The van der Waals surface area contributed by atoms with Crippen molar-refractivity contribution in [1.29, 1.82) is 0 Å². The Morgan fingerprint density at radius 1 is 1.57 bits per heavy atom. The molecule has 0 saturated carbocycles. The van der Waals surface area contributed by atoms with Gasteiger partial charge in [-0.15, -0.1) is 0 Å². The summed E-state index contributed by atoms with van der Waals surface area (Å²) in [5, 5.41) is 9.26. The second-order valence-corrected chi connectivity index (χ2v) is 3.33. The van der Waals surface area contributed by atoms with Crippen molar-refractivity contribution in [2.75, 3.05) is 0 Å². The Labute approximate surface area is 82.5 Å². The SMILES string of the molecule is Cc1cc(C[C@H](N)C(N)=O)ccc1O. The van der Waals surface area contributed by atoms with E-state index in [4.69, 9.17) is 11.5 Å². The number of aryl methyl sites for hydroxylation is 1. The number of aromatic hydroxyl groups is 1. The molecule has 0 aliphatic carbocycles. The van der Waals surface area contributed by atoms with Crippen LogP contribution in [0, 0.1) is 6.92 Å². The standard InChI is InChI=1S/C10H14N2O2/c1-6-4-7(2-3-9(6)13)5-8(11)10(12)14/h2-4,8,13H,5,11H2,1H3,(H2,12,14)/t8-/m0/s1. The summed E-state index contributed by atoms with van der Waals surface area (Å²) < 4.78 is 0. The van der Waals surface area contributed by atoms with Gasteiger partial charge in [0, 0.05) is 0 Å². The van der Waals surface area contributed by atoms with Crippen molar-refractivity contribution in [3.8, 4) is 5.75 Å². The zero-order chi connectivity index (χ0) is 10.7. The maximum atomic E-state index is 10.7. The number of phenols is 1. The van der Waals surface area contributed by atoms with E-state index in [9.17, 15) is 9.90 Å². The highest BCUT2D eigenvalue weighted by molar-refractivity contribution is 5.79. The lowest BCUT2D eigenvalue weighted by Gasteiger charge is -2.08. The van der Waals surface area contributed by atoms with E-state index in [1.807, 2.05) is 0 Å². The Bertz CT molecular complexity index is 350. The van der Waals surface area contributed by atoms with Gasteiger partial charge in [0.2, 0.25) is 5.91 Å². The highest BCUT2D eigenvalue weighted by atomic mass is 16.3. The van der Waals surface area contributed by atoms with Crippen LogP contribution < -0.4 is 11.5 Å². The molecule has 5 N–H and O–H groups in total. The lowest BCUT2D eigenvalue weighted by atomic mass is 10.0. The van der Waals surface area contributed by atoms with Gasteiger partial charge in [0.25, 0.3) is 0 Å². The molecule has 0 aliphatic rings. The normalized spacial score (nSPS) is 12.4. The average Bonchev–Trinajstić information content (AvgIpc) is 2.11. The minimum absolute atomic E-state index is 0.237. The van der Waals surface area contributed by atoms with Crippen LogP contribution in [0.5, 0.6) is 5.75 Å². The van der Waals surface area contributed by atoms with E-state index in [0.717, 1.165) is 11.1 Å². The van der Waals surface area contributed by atoms with Gasteiger partial charge >= 0.3 is 0 Å². The second kappa shape index (κ2) is 4.11. The fourth-order valence-corrected chi connectivity index (χ4v) is 1.20. The van der Waals surface area contributed by atoms with Gasteiger partial charge in [-0.3, -0.25) is 4.79 Å². The van der Waals surface area contributed by atoms with Crippen molar-refractivity contribution in [3.63, 3.8) is 0 Å². The largest absolute Gasteiger partial charge is 0.508 e. The van der Waals surface area contributed by atoms with Crippen LogP contribution in [0.3, 0.4) is 0 Å². The van der Waals surface area contributed by atoms with E-state index in [2.05, 4.69) is 0 Å². The van der Waals surface area contributed by atoms with E-state index in [0.29, 0.717) is 6.42 Å². The summed E-state index contributed by atoms with van der Waals surface area (Å²) in [6.07, 6.45) is 0.399. The number of rotatable bonds is 3. The van der Waals surface area contributed by atoms with E-state index in [-0.39, 0.29) is 5.75 Å². The Morgan fingerprint density at radius 3 is 2.71 bits per heavy atom. The summed E-state index contributed by atoms with van der Waals surface area (Å²) in [5.74, 6) is -0.280. The van der Waals surface area contributed by atoms with Crippen LogP contribution in [0.2, 0.25) is 0 Å². The van der Waals surface area contributed by atoms with Gasteiger partial charge < -0.3 is 16.6 Å². The summed E-state index contributed by atoms with van der Waals surface area (Å²) in [6, 6.07) is 4.43. The van der Waals surface area contributed by atoms with Gasteiger partial charge in [0.05, 0.1) is 6.04 Å². The molecule has 0 unspecified atom stereocenters. The van der Waals surface area contributed by atoms with Gasteiger partial charge in [-0.2, -0.15) is 0 Å². The first-order chi connectivity index (χ1) is 6.50. The Morgan fingerprint density at radius 2 is 2.21 bits per heavy atom. The first-order valence-electron chi connectivity index (χ1n) is 4.34. The minimum atomic E-state index is -0.668. The molecule has 76 valence electrons. The third kappa shape index (κ3) is 2.47. The molecule has 0 aromatic heterocycles. The van der Waals surface area contributed by atoms with Gasteiger partial charge in [0.15, 0.2) is 0 Å². The molecular weight excluding hydrogens is 180 g/mol. The van der Waals surface area contributed by atoms with Crippen molar-refractivity contribution in [2.45, 2.75) is 19.4 Å². The lowest BCUT2D eigenvalue weighted by Crippen LogP contribution is -2.38. The molecule has 0 bridgehead atoms. The zero-order valence-corrected chi connectivity index (χ0v) is 8.03. The highest BCUT2D eigenvalue weighted by Crippen LogP contribution is 2.17. The van der Waals surface area contributed by atoms with Crippen molar-refractivity contribution in [3.05, 3.63) is 29.3 Å². The maximum Gasteiger partial charge on any atom is 0.234 e. The van der Waals surface area contributed by atoms with E-state index in [1.165, 1.54) is 0 Å². The second-order valence-electron chi connectivity index (χ2n) is 3.33. The molecule has 1 amide bonds. The molecule has 1 aromatic carbocycles. The predicted molar refractivity (Wildman–Crippen MR) is 53.7 cm³/mol. The van der Waals surface area contributed by atoms with Gasteiger partial charge in [0.1, 0.15) is 5.75 Å². The summed E-state index contributed by atoms with van der Waals surface area (Å²) in [4.78, 5) is 10.7. The van der Waals surface area contributed by atoms with Gasteiger partial charge in [-0.1, -0.05) is 12.1 Å².